The quantitative estimate of drug-likeness (QED) is 0.263. The third-order valence-electron chi connectivity index (χ3n) is 6.55. The van der Waals surface area contributed by atoms with Gasteiger partial charge in [0.05, 0.1) is 0 Å². The fraction of sp³-hybridized carbons (Fsp3) is 0.0714. The van der Waals surface area contributed by atoms with Crippen LogP contribution in [0.1, 0.15) is 45.5 Å². The summed E-state index contributed by atoms with van der Waals surface area (Å²) in [5.74, 6) is -0.0515. The van der Waals surface area contributed by atoms with Crippen LogP contribution in [0.15, 0.2) is 104 Å². The first-order chi connectivity index (χ1) is 16.1. The van der Waals surface area contributed by atoms with Crippen molar-refractivity contribution in [3.05, 3.63) is 138 Å². The molecule has 2 unspecified atom stereocenters. The Morgan fingerprint density at radius 1 is 0.545 bits per heavy atom. The van der Waals surface area contributed by atoms with Crippen LogP contribution in [0.2, 0.25) is 0 Å². The van der Waals surface area contributed by atoms with Gasteiger partial charge in [0.25, 0.3) is 0 Å². The number of benzene rings is 2. The number of hydrogen-bond acceptors (Lipinski definition) is 2. The summed E-state index contributed by atoms with van der Waals surface area (Å²) in [4.78, 5) is 9.42. The minimum absolute atomic E-state index is 0.0257. The molecule has 2 heterocycles. The fourth-order valence-corrected chi connectivity index (χ4v) is 14.7. The summed E-state index contributed by atoms with van der Waals surface area (Å²) in [5.41, 5.74) is 6.77. The van der Waals surface area contributed by atoms with E-state index < -0.39 is 17.9 Å². The number of pyridine rings is 2. The Balaban J connectivity index is 1.52. The minimum atomic E-state index is -4.11. The Morgan fingerprint density at radius 3 is 1.39 bits per heavy atom. The van der Waals surface area contributed by atoms with Gasteiger partial charge in [-0.15, -0.1) is 0 Å². The van der Waals surface area contributed by atoms with Gasteiger partial charge < -0.3 is 0 Å². The molecule has 5 heteroatoms. The van der Waals surface area contributed by atoms with Gasteiger partial charge in [0.2, 0.25) is 0 Å². The molecule has 0 saturated carbocycles. The molecule has 0 fully saturated rings. The van der Waals surface area contributed by atoms with Gasteiger partial charge in [-0.3, -0.25) is 0 Å². The molecule has 0 radical (unpaired) electrons. The number of allylic oxidation sites excluding steroid dienone is 2. The van der Waals surface area contributed by atoms with E-state index in [4.69, 9.17) is 27.0 Å². The van der Waals surface area contributed by atoms with Gasteiger partial charge in [-0.05, 0) is 0 Å². The van der Waals surface area contributed by atoms with Crippen molar-refractivity contribution in [2.45, 2.75) is 11.8 Å². The van der Waals surface area contributed by atoms with Crippen molar-refractivity contribution in [3.8, 4) is 0 Å². The molecule has 0 saturated heterocycles. The number of fused-ring (bicyclic) bond motifs is 2. The van der Waals surface area contributed by atoms with Crippen molar-refractivity contribution in [2.75, 3.05) is 0 Å². The molecular formula is C28H20Cl2N2Zr. The van der Waals surface area contributed by atoms with E-state index in [2.05, 4.69) is 72.8 Å². The zero-order chi connectivity index (χ0) is 22.4. The number of hydrogen-bond donors (Lipinski definition) is 0. The topological polar surface area (TPSA) is 25.8 Å². The van der Waals surface area contributed by atoms with Crippen LogP contribution in [0.25, 0.3) is 12.2 Å². The predicted molar refractivity (Wildman–Crippen MR) is 133 cm³/mol. The molecular weight excluding hydrogens is 526 g/mol. The third kappa shape index (κ3) is 3.58. The molecule has 0 bridgehead atoms. The summed E-state index contributed by atoms with van der Waals surface area (Å²) in [7, 11) is 15.2. The summed E-state index contributed by atoms with van der Waals surface area (Å²) >= 11 is -4.11. The van der Waals surface area contributed by atoms with Crippen LogP contribution in [0.5, 0.6) is 0 Å². The van der Waals surface area contributed by atoms with Crippen molar-refractivity contribution < 1.29 is 17.9 Å². The van der Waals surface area contributed by atoms with Crippen molar-refractivity contribution in [2.24, 2.45) is 0 Å². The second-order valence-electron chi connectivity index (χ2n) is 8.41. The summed E-state index contributed by atoms with van der Waals surface area (Å²) in [6.07, 6.45) is 8.14. The monoisotopic (exact) mass is 544 g/mol. The van der Waals surface area contributed by atoms with E-state index in [-0.39, 0.29) is 11.8 Å². The summed E-state index contributed by atoms with van der Waals surface area (Å²) in [6, 6.07) is 29.0. The van der Waals surface area contributed by atoms with Crippen LogP contribution in [0.3, 0.4) is 0 Å². The third-order valence-corrected chi connectivity index (χ3v) is 17.4. The zero-order valence-corrected chi connectivity index (χ0v) is 21.7. The van der Waals surface area contributed by atoms with E-state index in [9.17, 15) is 0 Å². The second-order valence-corrected chi connectivity index (χ2v) is 21.9. The Bertz CT molecular complexity index is 1290. The van der Waals surface area contributed by atoms with E-state index in [1.54, 1.807) is 0 Å². The number of rotatable bonds is 4. The van der Waals surface area contributed by atoms with Crippen LogP contribution in [-0.2, 0) is 17.9 Å². The van der Waals surface area contributed by atoms with E-state index in [1.807, 2.05) is 36.7 Å². The predicted octanol–water partition coefficient (Wildman–Crippen LogP) is 7.61. The molecule has 2 aliphatic rings. The van der Waals surface area contributed by atoms with E-state index in [1.165, 1.54) is 22.3 Å². The normalized spacial score (nSPS) is 19.0. The van der Waals surface area contributed by atoms with Gasteiger partial charge in [0, 0.05) is 0 Å². The van der Waals surface area contributed by atoms with E-state index >= 15 is 0 Å². The Labute approximate surface area is 205 Å². The van der Waals surface area contributed by atoms with Gasteiger partial charge in [-0.25, -0.2) is 0 Å². The first-order valence-corrected chi connectivity index (χ1v) is 19.7. The van der Waals surface area contributed by atoms with Gasteiger partial charge in [0.15, 0.2) is 0 Å². The second kappa shape index (κ2) is 8.47. The molecule has 2 aromatic heterocycles. The number of nitrogens with zero attached hydrogens (tertiary/aromatic N) is 2. The molecule has 0 spiro atoms. The molecule has 2 aliphatic carbocycles. The molecule has 4 aromatic rings. The van der Waals surface area contributed by atoms with E-state index in [0.717, 1.165) is 17.9 Å². The van der Waals surface area contributed by atoms with Crippen LogP contribution >= 0.6 is 17.0 Å². The molecule has 160 valence electrons. The molecule has 33 heavy (non-hydrogen) atoms. The van der Waals surface area contributed by atoms with Gasteiger partial charge in [-0.1, -0.05) is 0 Å². The Kier molecular flexibility index (Phi) is 5.45. The SMILES string of the molecule is [Cl][Zr]([Cl])([C]1=Cc2ccccc2C1c1ccccn1)[C]1=Cc2ccccc2C1c1ccccn1. The maximum absolute atomic E-state index is 7.60. The molecule has 2 aromatic carbocycles. The molecule has 0 amide bonds. The Morgan fingerprint density at radius 2 is 0.970 bits per heavy atom. The van der Waals surface area contributed by atoms with Crippen molar-refractivity contribution in [1.29, 1.82) is 0 Å². The number of halogens is 2. The van der Waals surface area contributed by atoms with Crippen molar-refractivity contribution in [3.63, 3.8) is 0 Å². The van der Waals surface area contributed by atoms with E-state index in [0.29, 0.717) is 0 Å². The van der Waals surface area contributed by atoms with Crippen LogP contribution in [-0.4, -0.2) is 9.97 Å². The van der Waals surface area contributed by atoms with Gasteiger partial charge in [-0.2, -0.15) is 0 Å². The first kappa shape index (κ1) is 21.2. The molecule has 2 nitrogen and oxygen atoms in total. The van der Waals surface area contributed by atoms with Crippen molar-refractivity contribution in [1.82, 2.24) is 9.97 Å². The molecule has 0 aliphatic heterocycles. The maximum atomic E-state index is 7.60. The van der Waals surface area contributed by atoms with Crippen LogP contribution < -0.4 is 0 Å². The van der Waals surface area contributed by atoms with Crippen LogP contribution in [0, 0.1) is 0 Å². The van der Waals surface area contributed by atoms with Gasteiger partial charge >= 0.3 is 206 Å². The fourth-order valence-electron chi connectivity index (χ4n) is 5.09. The zero-order valence-electron chi connectivity index (χ0n) is 17.7. The standard InChI is InChI=1S/2C14H10N.2ClH.Zr/c2*1-2-6-12-11(5-1)8-9-13(12)14-7-3-4-10-15-14;;;/h2*1-8,10,13H;2*1H;/q;;;;+2/p-2. The summed E-state index contributed by atoms with van der Waals surface area (Å²) in [5, 5.41) is 0. The average molecular weight is 547 g/mol. The van der Waals surface area contributed by atoms with Crippen LogP contribution in [0.4, 0.5) is 0 Å². The summed E-state index contributed by atoms with van der Waals surface area (Å²) < 4.78 is 2.26. The average Bonchev–Trinajstić information content (AvgIpc) is 3.45. The first-order valence-electron chi connectivity index (χ1n) is 11.0. The van der Waals surface area contributed by atoms with Gasteiger partial charge in [0.1, 0.15) is 0 Å². The summed E-state index contributed by atoms with van der Waals surface area (Å²) in [6.45, 7) is 0. The Hall–Kier alpha value is -2.32. The molecule has 2 atom stereocenters. The molecule has 0 N–H and O–H groups in total. The number of aromatic nitrogens is 2. The molecule has 6 rings (SSSR count). The van der Waals surface area contributed by atoms with Crippen molar-refractivity contribution >= 4 is 29.2 Å².